The fraction of sp³-hybridized carbons (Fsp3) is 0. The van der Waals surface area contributed by atoms with Gasteiger partial charge in [0.1, 0.15) is 0 Å². The van der Waals surface area contributed by atoms with E-state index in [9.17, 15) is 9.59 Å². The Labute approximate surface area is 301 Å². The van der Waals surface area contributed by atoms with Crippen molar-refractivity contribution in [3.63, 3.8) is 0 Å². The normalized spacial score (nSPS) is 11.2. The average Bonchev–Trinajstić information content (AvgIpc) is 3.71. The van der Waals surface area contributed by atoms with Crippen molar-refractivity contribution in [3.8, 4) is 22.3 Å². The van der Waals surface area contributed by atoms with Gasteiger partial charge in [0.2, 0.25) is 0 Å². The minimum Gasteiger partial charge on any atom is -0.311 e. The Hall–Kier alpha value is -7.04. The third kappa shape index (κ3) is 5.53. The maximum Gasteiger partial charge on any atom is 0.194 e. The minimum atomic E-state index is -0.0332. The van der Waals surface area contributed by atoms with E-state index in [1.165, 1.54) is 0 Å². The third-order valence-electron chi connectivity index (χ3n) is 9.73. The molecule has 0 atom stereocenters. The van der Waals surface area contributed by atoms with Crippen LogP contribution in [0.3, 0.4) is 0 Å². The summed E-state index contributed by atoms with van der Waals surface area (Å²) < 4.78 is 0. The number of nitrogens with zero attached hydrogens (tertiary/aromatic N) is 2. The van der Waals surface area contributed by atoms with Gasteiger partial charge in [-0.2, -0.15) is 0 Å². The molecule has 0 amide bonds. The molecular formula is C48H32N2O2. The van der Waals surface area contributed by atoms with Crippen molar-refractivity contribution >= 4 is 55.7 Å². The fourth-order valence-electron chi connectivity index (χ4n) is 7.21. The van der Waals surface area contributed by atoms with Crippen LogP contribution in [0, 0.1) is 0 Å². The van der Waals surface area contributed by atoms with Gasteiger partial charge < -0.3 is 9.80 Å². The van der Waals surface area contributed by atoms with Crippen molar-refractivity contribution in [3.05, 3.63) is 215 Å². The molecule has 4 heteroatoms. The first-order valence-corrected chi connectivity index (χ1v) is 17.3. The third-order valence-corrected chi connectivity index (χ3v) is 9.73. The SMILES string of the molecule is O=c1c(-c2ccc(N(c3ccccc3)c3ccccc3)cc2)cc2cc3c(=O)c(-c4ccc(N(c5ccccc5)c5ccccc5)cc4)cc3cc12. The van der Waals surface area contributed by atoms with E-state index >= 15 is 0 Å². The lowest BCUT2D eigenvalue weighted by atomic mass is 10.1. The Bertz CT molecular complexity index is 2460. The highest BCUT2D eigenvalue weighted by Gasteiger charge is 2.18. The first-order valence-electron chi connectivity index (χ1n) is 17.3. The summed E-state index contributed by atoms with van der Waals surface area (Å²) in [5.74, 6) is 0. The largest absolute Gasteiger partial charge is 0.311 e. The summed E-state index contributed by atoms with van der Waals surface area (Å²) in [5.41, 5.74) is 9.06. The van der Waals surface area contributed by atoms with Crippen molar-refractivity contribution in [2.24, 2.45) is 0 Å². The smallest absolute Gasteiger partial charge is 0.194 e. The standard InChI is InChI=1S/C48H32N2O2/c51-47-43(33-21-25-41(26-22-33)49(37-13-5-1-6-14-37)38-15-7-2-8-16-38)29-35-31-46-36(32-45(35)47)30-44(48(46)52)34-23-27-42(28-24-34)50(39-17-9-3-10-18-39)40-19-11-4-12-20-40/h1-32H. The van der Waals surface area contributed by atoms with Crippen LogP contribution in [0.25, 0.3) is 43.8 Å². The van der Waals surface area contributed by atoms with Gasteiger partial charge in [0.05, 0.1) is 0 Å². The quantitative estimate of drug-likeness (QED) is 0.162. The Morgan fingerprint density at radius 1 is 0.288 bits per heavy atom. The zero-order valence-corrected chi connectivity index (χ0v) is 28.2. The van der Waals surface area contributed by atoms with E-state index in [4.69, 9.17) is 0 Å². The monoisotopic (exact) mass is 668 g/mol. The summed E-state index contributed by atoms with van der Waals surface area (Å²) in [6.07, 6.45) is 0. The minimum absolute atomic E-state index is 0.0332. The second-order valence-electron chi connectivity index (χ2n) is 12.9. The highest BCUT2D eigenvalue weighted by Crippen LogP contribution is 2.37. The van der Waals surface area contributed by atoms with E-state index in [-0.39, 0.29) is 10.9 Å². The van der Waals surface area contributed by atoms with Crippen LogP contribution in [0.5, 0.6) is 0 Å². The van der Waals surface area contributed by atoms with Gasteiger partial charge in [-0.1, -0.05) is 97.1 Å². The summed E-state index contributed by atoms with van der Waals surface area (Å²) in [4.78, 5) is 32.1. The Morgan fingerprint density at radius 2 is 0.558 bits per heavy atom. The van der Waals surface area contributed by atoms with E-state index in [0.29, 0.717) is 21.9 Å². The molecule has 0 aliphatic rings. The van der Waals surface area contributed by atoms with Crippen LogP contribution >= 0.6 is 0 Å². The molecule has 9 aromatic carbocycles. The molecule has 0 saturated carbocycles. The summed E-state index contributed by atoms with van der Waals surface area (Å²) in [5, 5.41) is 2.79. The topological polar surface area (TPSA) is 40.6 Å². The molecule has 9 rings (SSSR count). The van der Waals surface area contributed by atoms with Gasteiger partial charge in [0.15, 0.2) is 10.9 Å². The number of fused-ring (bicyclic) bond motifs is 2. The van der Waals surface area contributed by atoms with Crippen LogP contribution in [0.2, 0.25) is 0 Å². The molecule has 0 N–H and O–H groups in total. The van der Waals surface area contributed by atoms with Gasteiger partial charge in [-0.05, 0) is 119 Å². The molecule has 246 valence electrons. The maximum atomic E-state index is 13.8. The first-order chi connectivity index (χ1) is 25.6. The molecule has 0 heterocycles. The predicted octanol–water partition coefficient (Wildman–Crippen LogP) is 11.9. The van der Waals surface area contributed by atoms with Crippen molar-refractivity contribution in [2.75, 3.05) is 9.80 Å². The van der Waals surface area contributed by atoms with E-state index in [1.54, 1.807) is 0 Å². The molecule has 0 saturated heterocycles. The lowest BCUT2D eigenvalue weighted by molar-refractivity contribution is 1.28. The summed E-state index contributed by atoms with van der Waals surface area (Å²) in [7, 11) is 0. The van der Waals surface area contributed by atoms with E-state index < -0.39 is 0 Å². The van der Waals surface area contributed by atoms with Gasteiger partial charge in [-0.25, -0.2) is 0 Å². The van der Waals surface area contributed by atoms with E-state index in [0.717, 1.165) is 56.0 Å². The van der Waals surface area contributed by atoms with E-state index in [2.05, 4.69) is 82.6 Å². The van der Waals surface area contributed by atoms with Crippen LogP contribution in [0.4, 0.5) is 34.1 Å². The highest BCUT2D eigenvalue weighted by atomic mass is 16.1. The van der Waals surface area contributed by atoms with Crippen LogP contribution in [-0.2, 0) is 0 Å². The zero-order chi connectivity index (χ0) is 35.0. The zero-order valence-electron chi connectivity index (χ0n) is 28.2. The molecule has 0 fully saturated rings. The van der Waals surface area contributed by atoms with Crippen LogP contribution < -0.4 is 20.7 Å². The Morgan fingerprint density at radius 3 is 0.846 bits per heavy atom. The number of para-hydroxylation sites is 4. The summed E-state index contributed by atoms with van der Waals surface area (Å²) in [6, 6.07) is 64.7. The van der Waals surface area contributed by atoms with Crippen molar-refractivity contribution in [1.82, 2.24) is 0 Å². The van der Waals surface area contributed by atoms with Gasteiger partial charge >= 0.3 is 0 Å². The van der Waals surface area contributed by atoms with Gasteiger partial charge in [0.25, 0.3) is 0 Å². The van der Waals surface area contributed by atoms with Gasteiger partial charge in [-0.3, -0.25) is 9.59 Å². The van der Waals surface area contributed by atoms with Crippen molar-refractivity contribution in [1.29, 1.82) is 0 Å². The molecular weight excluding hydrogens is 637 g/mol. The molecule has 4 nitrogen and oxygen atoms in total. The average molecular weight is 669 g/mol. The van der Waals surface area contributed by atoms with Gasteiger partial charge in [-0.15, -0.1) is 0 Å². The predicted molar refractivity (Wildman–Crippen MR) is 217 cm³/mol. The Balaban J connectivity index is 1.04. The van der Waals surface area contributed by atoms with Crippen LogP contribution in [0.1, 0.15) is 0 Å². The molecule has 0 aromatic heterocycles. The lowest BCUT2D eigenvalue weighted by Gasteiger charge is -2.25. The fourth-order valence-corrected chi connectivity index (χ4v) is 7.21. The molecule has 0 unspecified atom stereocenters. The number of hydrogen-bond donors (Lipinski definition) is 0. The highest BCUT2D eigenvalue weighted by molar-refractivity contribution is 6.04. The number of hydrogen-bond acceptors (Lipinski definition) is 4. The lowest BCUT2D eigenvalue weighted by Crippen LogP contribution is -2.09. The number of benzene rings is 7. The molecule has 0 aliphatic carbocycles. The van der Waals surface area contributed by atoms with Crippen LogP contribution in [0.15, 0.2) is 204 Å². The summed E-state index contributed by atoms with van der Waals surface area (Å²) >= 11 is 0. The first kappa shape index (κ1) is 31.0. The maximum absolute atomic E-state index is 13.8. The molecule has 0 radical (unpaired) electrons. The number of rotatable bonds is 8. The second kappa shape index (κ2) is 13.0. The Kier molecular flexibility index (Phi) is 7.75. The van der Waals surface area contributed by atoms with Gasteiger partial charge in [0, 0.05) is 56.0 Å². The summed E-state index contributed by atoms with van der Waals surface area (Å²) in [6.45, 7) is 0. The van der Waals surface area contributed by atoms with Crippen molar-refractivity contribution < 1.29 is 0 Å². The molecule has 0 bridgehead atoms. The molecule has 0 aliphatic heterocycles. The van der Waals surface area contributed by atoms with Crippen LogP contribution in [-0.4, -0.2) is 0 Å². The van der Waals surface area contributed by atoms with E-state index in [1.807, 2.05) is 121 Å². The molecule has 9 aromatic rings. The number of anilines is 6. The molecule has 52 heavy (non-hydrogen) atoms. The van der Waals surface area contributed by atoms with Crippen molar-refractivity contribution in [2.45, 2.75) is 0 Å². The molecule has 0 spiro atoms. The second-order valence-corrected chi connectivity index (χ2v) is 12.9.